The predicted octanol–water partition coefficient (Wildman–Crippen LogP) is 1.90. The summed E-state index contributed by atoms with van der Waals surface area (Å²) >= 11 is 0. The third-order valence-corrected chi connectivity index (χ3v) is 3.43. The number of methoxy groups -OCH3 is 1. The average Bonchev–Trinajstić information content (AvgIpc) is 3.04. The van der Waals surface area contributed by atoms with E-state index in [2.05, 4.69) is 20.2 Å². The summed E-state index contributed by atoms with van der Waals surface area (Å²) in [5.41, 5.74) is 1.02. The maximum absolute atomic E-state index is 5.64. The van der Waals surface area contributed by atoms with Crippen LogP contribution in [0.3, 0.4) is 0 Å². The number of halogens is 1. The lowest BCUT2D eigenvalue weighted by atomic mass is 10.2. The summed E-state index contributed by atoms with van der Waals surface area (Å²) < 4.78 is 10.6. The maximum Gasteiger partial charge on any atom is 0.218 e. The van der Waals surface area contributed by atoms with Gasteiger partial charge in [0.05, 0.1) is 6.61 Å². The number of ether oxygens (including phenoxy) is 2. The quantitative estimate of drug-likeness (QED) is 0.330. The Morgan fingerprint density at radius 2 is 2.14 bits per heavy atom. The molecule has 6 nitrogen and oxygen atoms in total. The molecule has 0 saturated carbocycles. The van der Waals surface area contributed by atoms with Crippen LogP contribution in [0, 0.1) is 0 Å². The fourth-order valence-corrected chi connectivity index (χ4v) is 2.35. The third kappa shape index (κ3) is 5.60. The smallest absolute Gasteiger partial charge is 0.218 e. The van der Waals surface area contributed by atoms with Crippen LogP contribution < -0.4 is 10.1 Å². The number of nitrogens with zero attached hydrogens (tertiary/aromatic N) is 3. The zero-order valence-electron chi connectivity index (χ0n) is 13.2. The Bertz CT molecular complexity index is 465. The van der Waals surface area contributed by atoms with Gasteiger partial charge in [0.1, 0.15) is 6.61 Å². The number of hydrogen-bond donors (Lipinski definition) is 1. The zero-order chi connectivity index (χ0) is 14.9. The Morgan fingerprint density at radius 1 is 1.36 bits per heavy atom. The van der Waals surface area contributed by atoms with Gasteiger partial charge >= 0.3 is 0 Å². The Kier molecular flexibility index (Phi) is 9.14. The van der Waals surface area contributed by atoms with Crippen molar-refractivity contribution in [1.29, 1.82) is 0 Å². The fraction of sp³-hybridized carbons (Fsp3) is 0.600. The highest BCUT2D eigenvalue weighted by Crippen LogP contribution is 2.14. The summed E-state index contributed by atoms with van der Waals surface area (Å²) in [7, 11) is 3.48. The van der Waals surface area contributed by atoms with Crippen molar-refractivity contribution < 1.29 is 9.47 Å². The molecule has 0 spiro atoms. The molecule has 1 aromatic heterocycles. The number of aromatic nitrogens is 1. The summed E-state index contributed by atoms with van der Waals surface area (Å²) in [6.07, 6.45) is 4.21. The molecule has 0 atom stereocenters. The molecule has 1 fully saturated rings. The van der Waals surface area contributed by atoms with E-state index in [-0.39, 0.29) is 24.0 Å². The number of aliphatic imine (C=N–C) groups is 1. The van der Waals surface area contributed by atoms with Crippen molar-refractivity contribution in [2.45, 2.75) is 19.4 Å². The molecule has 1 aliphatic heterocycles. The normalized spacial score (nSPS) is 14.6. The van der Waals surface area contributed by atoms with Gasteiger partial charge in [-0.2, -0.15) is 0 Å². The van der Waals surface area contributed by atoms with E-state index in [4.69, 9.17) is 9.47 Å². The predicted molar refractivity (Wildman–Crippen MR) is 98.0 cm³/mol. The van der Waals surface area contributed by atoms with Crippen LogP contribution >= 0.6 is 24.0 Å². The van der Waals surface area contributed by atoms with Crippen LogP contribution in [0.5, 0.6) is 5.88 Å². The van der Waals surface area contributed by atoms with Gasteiger partial charge < -0.3 is 19.7 Å². The molecule has 0 aliphatic carbocycles. The van der Waals surface area contributed by atoms with Gasteiger partial charge in [-0.05, 0) is 18.9 Å². The van der Waals surface area contributed by atoms with Crippen LogP contribution in [-0.2, 0) is 11.3 Å². The molecule has 124 valence electrons. The lowest BCUT2D eigenvalue weighted by Crippen LogP contribution is -2.39. The van der Waals surface area contributed by atoms with Crippen LogP contribution in [-0.4, -0.2) is 56.3 Å². The van der Waals surface area contributed by atoms with Gasteiger partial charge in [-0.25, -0.2) is 4.98 Å². The van der Waals surface area contributed by atoms with E-state index >= 15 is 0 Å². The summed E-state index contributed by atoms with van der Waals surface area (Å²) in [6.45, 7) is 3.85. The first kappa shape index (κ1) is 19.0. The molecule has 1 aromatic rings. The summed E-state index contributed by atoms with van der Waals surface area (Å²) in [4.78, 5) is 10.9. The number of rotatable bonds is 6. The lowest BCUT2D eigenvalue weighted by molar-refractivity contribution is 0.143. The third-order valence-electron chi connectivity index (χ3n) is 3.43. The number of likely N-dealkylation sites (tertiary alicyclic amines) is 1. The molecule has 1 aliphatic rings. The second kappa shape index (κ2) is 10.6. The van der Waals surface area contributed by atoms with Gasteiger partial charge in [0.25, 0.3) is 0 Å². The van der Waals surface area contributed by atoms with E-state index in [1.807, 2.05) is 19.2 Å². The van der Waals surface area contributed by atoms with Gasteiger partial charge in [0.2, 0.25) is 5.88 Å². The van der Waals surface area contributed by atoms with E-state index < -0.39 is 0 Å². The first-order valence-electron chi connectivity index (χ1n) is 7.36. The molecule has 0 bridgehead atoms. The molecule has 7 heteroatoms. The standard InChI is InChI=1S/C15H24N4O2.HI/c1-16-15(19-8-3-4-9-19)18-12-13-6-5-7-17-14(13)21-11-10-20-2;/h5-7H,3-4,8-12H2,1-2H3,(H,16,18);1H. The number of guanidine groups is 1. The molecular weight excluding hydrogens is 395 g/mol. The molecule has 1 saturated heterocycles. The molecule has 0 amide bonds. The number of nitrogens with one attached hydrogen (secondary N) is 1. The Balaban J connectivity index is 0.00000242. The summed E-state index contributed by atoms with van der Waals surface area (Å²) in [6, 6.07) is 3.93. The Labute approximate surface area is 149 Å². The van der Waals surface area contributed by atoms with E-state index in [9.17, 15) is 0 Å². The second-order valence-corrected chi connectivity index (χ2v) is 4.90. The van der Waals surface area contributed by atoms with Gasteiger partial charge in [0, 0.05) is 45.6 Å². The van der Waals surface area contributed by atoms with E-state index in [1.54, 1.807) is 13.3 Å². The molecule has 0 unspecified atom stereocenters. The highest BCUT2D eigenvalue weighted by atomic mass is 127. The van der Waals surface area contributed by atoms with E-state index in [0.29, 0.717) is 25.6 Å². The molecule has 22 heavy (non-hydrogen) atoms. The Morgan fingerprint density at radius 3 is 2.82 bits per heavy atom. The number of hydrogen-bond acceptors (Lipinski definition) is 4. The zero-order valence-corrected chi connectivity index (χ0v) is 15.6. The topological polar surface area (TPSA) is 59.0 Å². The van der Waals surface area contributed by atoms with Crippen molar-refractivity contribution in [3.05, 3.63) is 23.9 Å². The first-order valence-corrected chi connectivity index (χ1v) is 7.36. The summed E-state index contributed by atoms with van der Waals surface area (Å²) in [5, 5.41) is 3.38. The van der Waals surface area contributed by atoms with Gasteiger partial charge in [-0.1, -0.05) is 6.07 Å². The van der Waals surface area contributed by atoms with Crippen LogP contribution in [0.25, 0.3) is 0 Å². The van der Waals surface area contributed by atoms with Crippen molar-refractivity contribution in [2.75, 3.05) is 40.5 Å². The highest BCUT2D eigenvalue weighted by molar-refractivity contribution is 14.0. The molecular formula is C15H25IN4O2. The van der Waals surface area contributed by atoms with Crippen LogP contribution in [0.2, 0.25) is 0 Å². The van der Waals surface area contributed by atoms with Gasteiger partial charge in [-0.3, -0.25) is 4.99 Å². The lowest BCUT2D eigenvalue weighted by Gasteiger charge is -2.21. The van der Waals surface area contributed by atoms with E-state index in [1.165, 1.54) is 12.8 Å². The second-order valence-electron chi connectivity index (χ2n) is 4.90. The van der Waals surface area contributed by atoms with Crippen molar-refractivity contribution in [3.63, 3.8) is 0 Å². The van der Waals surface area contributed by atoms with Crippen molar-refractivity contribution in [1.82, 2.24) is 15.2 Å². The summed E-state index contributed by atoms with van der Waals surface area (Å²) in [5.74, 6) is 1.60. The first-order chi connectivity index (χ1) is 10.3. The van der Waals surface area contributed by atoms with Gasteiger partial charge in [-0.15, -0.1) is 24.0 Å². The van der Waals surface area contributed by atoms with Crippen molar-refractivity contribution >= 4 is 29.9 Å². The van der Waals surface area contributed by atoms with Crippen LogP contribution in [0.4, 0.5) is 0 Å². The molecule has 2 rings (SSSR count). The fourth-order valence-electron chi connectivity index (χ4n) is 2.35. The average molecular weight is 420 g/mol. The largest absolute Gasteiger partial charge is 0.475 e. The molecule has 0 radical (unpaired) electrons. The maximum atomic E-state index is 5.64. The van der Waals surface area contributed by atoms with Crippen molar-refractivity contribution in [2.24, 2.45) is 4.99 Å². The SMILES string of the molecule is CN=C(NCc1cccnc1OCCOC)N1CCCC1.I. The Hall–Kier alpha value is -1.09. The van der Waals surface area contributed by atoms with Gasteiger partial charge in [0.15, 0.2) is 5.96 Å². The molecule has 0 aromatic carbocycles. The van der Waals surface area contributed by atoms with Crippen molar-refractivity contribution in [3.8, 4) is 5.88 Å². The number of pyridine rings is 1. The monoisotopic (exact) mass is 420 g/mol. The minimum absolute atomic E-state index is 0. The minimum Gasteiger partial charge on any atom is -0.475 e. The molecule has 1 N–H and O–H groups in total. The van der Waals surface area contributed by atoms with Crippen LogP contribution in [0.15, 0.2) is 23.3 Å². The molecule has 2 heterocycles. The highest BCUT2D eigenvalue weighted by Gasteiger charge is 2.16. The minimum atomic E-state index is 0. The van der Waals surface area contributed by atoms with Crippen LogP contribution in [0.1, 0.15) is 18.4 Å². The van der Waals surface area contributed by atoms with E-state index in [0.717, 1.165) is 24.6 Å².